The number of fused-ring (bicyclic) bond motifs is 2. The number of aromatic nitrogens is 5. The second kappa shape index (κ2) is 8.07. The van der Waals surface area contributed by atoms with Crippen LogP contribution in [0.25, 0.3) is 27.8 Å². The minimum Gasteiger partial charge on any atom is -0.468 e. The van der Waals surface area contributed by atoms with Gasteiger partial charge in [-0.3, -0.25) is 19.1 Å². The van der Waals surface area contributed by atoms with Crippen LogP contribution in [0.1, 0.15) is 5.56 Å². The molecule has 0 unspecified atom stereocenters. The number of nitrogens with zero attached hydrogens (tertiary/aromatic N) is 5. The third-order valence-electron chi connectivity index (χ3n) is 5.22. The number of aryl methyl sites for hydroxylation is 1. The van der Waals surface area contributed by atoms with Crippen LogP contribution in [-0.2, 0) is 23.0 Å². The molecule has 0 saturated carbocycles. The maximum absolute atomic E-state index is 13.1. The Morgan fingerprint density at radius 1 is 1.10 bits per heavy atom. The summed E-state index contributed by atoms with van der Waals surface area (Å²) >= 11 is 0. The molecule has 158 valence electrons. The first-order chi connectivity index (χ1) is 15.0. The van der Waals surface area contributed by atoms with Gasteiger partial charge in [-0.2, -0.15) is 0 Å². The van der Waals surface area contributed by atoms with E-state index in [0.717, 1.165) is 15.5 Å². The first kappa shape index (κ1) is 20.4. The van der Waals surface area contributed by atoms with Crippen LogP contribution >= 0.6 is 0 Å². The number of benzene rings is 1. The van der Waals surface area contributed by atoms with Crippen LogP contribution in [-0.4, -0.2) is 50.3 Å². The average Bonchev–Trinajstić information content (AvgIpc) is 2.81. The molecule has 1 atom stereocenters. The van der Waals surface area contributed by atoms with E-state index in [0.29, 0.717) is 17.6 Å². The monoisotopic (exact) mass is 420 g/mol. The number of rotatable bonds is 5. The molecule has 4 rings (SSSR count). The van der Waals surface area contributed by atoms with Gasteiger partial charge < -0.3 is 10.1 Å². The third-order valence-corrected chi connectivity index (χ3v) is 5.22. The number of likely N-dealkylation sites (N-methyl/N-ethyl adjacent to an activating group) is 1. The minimum atomic E-state index is -0.575. The Morgan fingerprint density at radius 2 is 1.84 bits per heavy atom. The van der Waals surface area contributed by atoms with Crippen LogP contribution in [0.15, 0.2) is 52.4 Å². The zero-order chi connectivity index (χ0) is 22.1. The van der Waals surface area contributed by atoms with Crippen LogP contribution in [0.3, 0.4) is 0 Å². The van der Waals surface area contributed by atoms with Crippen LogP contribution in [0.4, 0.5) is 0 Å². The molecule has 0 radical (unpaired) electrons. The summed E-state index contributed by atoms with van der Waals surface area (Å²) in [6.45, 7) is 0. The number of esters is 1. The van der Waals surface area contributed by atoms with Crippen molar-refractivity contribution in [2.75, 3.05) is 14.2 Å². The highest BCUT2D eigenvalue weighted by Gasteiger charge is 2.21. The van der Waals surface area contributed by atoms with Crippen molar-refractivity contribution in [3.05, 3.63) is 69.3 Å². The second-order valence-corrected chi connectivity index (χ2v) is 6.92. The summed E-state index contributed by atoms with van der Waals surface area (Å²) < 4.78 is 7.17. The lowest BCUT2D eigenvalue weighted by Gasteiger charge is -2.17. The van der Waals surface area contributed by atoms with E-state index >= 15 is 0 Å². The van der Waals surface area contributed by atoms with Crippen molar-refractivity contribution in [1.29, 1.82) is 0 Å². The first-order valence-electron chi connectivity index (χ1n) is 9.52. The average molecular weight is 420 g/mol. The maximum atomic E-state index is 13.1. The van der Waals surface area contributed by atoms with Gasteiger partial charge in [-0.05, 0) is 31.2 Å². The summed E-state index contributed by atoms with van der Waals surface area (Å²) in [5.74, 6) is -0.387. The van der Waals surface area contributed by atoms with Crippen molar-refractivity contribution in [2.24, 2.45) is 7.05 Å². The molecular formula is C21H20N6O4. The third kappa shape index (κ3) is 3.36. The van der Waals surface area contributed by atoms with Crippen LogP contribution in [0, 0.1) is 0 Å². The minimum absolute atomic E-state index is 0.0821. The summed E-state index contributed by atoms with van der Waals surface area (Å²) in [5.41, 5.74) is 0.769. The van der Waals surface area contributed by atoms with Gasteiger partial charge in [0, 0.05) is 31.0 Å². The van der Waals surface area contributed by atoms with Gasteiger partial charge in [0.15, 0.2) is 11.2 Å². The smallest absolute Gasteiger partial charge is 0.337 e. The number of hydrogen-bond donors (Lipinski definition) is 1. The Bertz CT molecular complexity index is 1430. The van der Waals surface area contributed by atoms with Crippen molar-refractivity contribution in [2.45, 2.75) is 12.5 Å². The molecular weight excluding hydrogens is 400 g/mol. The summed E-state index contributed by atoms with van der Waals surface area (Å²) in [4.78, 5) is 50.8. The highest BCUT2D eigenvalue weighted by atomic mass is 16.5. The SMILES string of the molecule is CN[C@@H](Cc1ccc(-n2c(=O)c3nccnc3n(C)c2=O)c2ncccc12)C(=O)OC. The number of carbonyl (C=O) groups excluding carboxylic acids is 1. The topological polar surface area (TPSA) is 121 Å². The molecule has 0 aliphatic carbocycles. The van der Waals surface area contributed by atoms with E-state index in [2.05, 4.69) is 20.3 Å². The molecule has 3 heterocycles. The van der Waals surface area contributed by atoms with Crippen molar-refractivity contribution in [3.63, 3.8) is 0 Å². The Kier molecular flexibility index (Phi) is 5.30. The van der Waals surface area contributed by atoms with Gasteiger partial charge in [0.1, 0.15) is 6.04 Å². The summed E-state index contributed by atoms with van der Waals surface area (Å²) in [5, 5.41) is 3.66. The molecule has 4 aromatic rings. The van der Waals surface area contributed by atoms with Crippen molar-refractivity contribution in [3.8, 4) is 5.69 Å². The first-order valence-corrected chi connectivity index (χ1v) is 9.52. The molecule has 10 nitrogen and oxygen atoms in total. The fourth-order valence-electron chi connectivity index (χ4n) is 3.61. The molecule has 0 aliphatic rings. The predicted molar refractivity (Wildman–Crippen MR) is 114 cm³/mol. The summed E-state index contributed by atoms with van der Waals surface area (Å²) in [6.07, 6.45) is 4.77. The molecule has 0 amide bonds. The molecule has 1 aromatic carbocycles. The van der Waals surface area contributed by atoms with Gasteiger partial charge in [0.05, 0.1) is 18.3 Å². The van der Waals surface area contributed by atoms with E-state index in [9.17, 15) is 14.4 Å². The largest absolute Gasteiger partial charge is 0.468 e. The molecule has 0 bridgehead atoms. The van der Waals surface area contributed by atoms with E-state index < -0.39 is 17.3 Å². The molecule has 0 saturated heterocycles. The highest BCUT2D eigenvalue weighted by Crippen LogP contribution is 2.24. The number of methoxy groups -OCH3 is 1. The lowest BCUT2D eigenvalue weighted by atomic mass is 10.00. The van der Waals surface area contributed by atoms with Crippen molar-refractivity contribution < 1.29 is 9.53 Å². The molecule has 10 heteroatoms. The Hall–Kier alpha value is -3.92. The quantitative estimate of drug-likeness (QED) is 0.459. The van der Waals surface area contributed by atoms with Gasteiger partial charge in [-0.1, -0.05) is 12.1 Å². The van der Waals surface area contributed by atoms with Gasteiger partial charge in [0.2, 0.25) is 0 Å². The van der Waals surface area contributed by atoms with Crippen molar-refractivity contribution in [1.82, 2.24) is 29.4 Å². The fraction of sp³-hybridized carbons (Fsp3) is 0.238. The standard InChI is InChI=1S/C21H20N6O4/c1-22-14(20(29)31-3)11-12-6-7-15(16-13(12)5-4-8-23-16)27-19(28)17-18(25-10-9-24-17)26(2)21(27)30/h4-10,14,22H,11H2,1-3H3/t14-/m0/s1. The fourth-order valence-corrected chi connectivity index (χ4v) is 3.61. The zero-order valence-electron chi connectivity index (χ0n) is 17.2. The van der Waals surface area contributed by atoms with Crippen LogP contribution < -0.4 is 16.6 Å². The Morgan fingerprint density at radius 3 is 2.58 bits per heavy atom. The highest BCUT2D eigenvalue weighted by molar-refractivity contribution is 5.90. The van der Waals surface area contributed by atoms with Crippen LogP contribution in [0.2, 0.25) is 0 Å². The number of nitrogens with one attached hydrogen (secondary N) is 1. The predicted octanol–water partition coefficient (Wildman–Crippen LogP) is 0.331. The van der Waals surface area contributed by atoms with Gasteiger partial charge in [-0.15, -0.1) is 0 Å². The number of ether oxygens (including phenoxy) is 1. The van der Waals surface area contributed by atoms with Gasteiger partial charge in [0.25, 0.3) is 5.56 Å². The Balaban J connectivity index is 1.97. The Labute approximate surface area is 176 Å². The van der Waals surface area contributed by atoms with Crippen LogP contribution in [0.5, 0.6) is 0 Å². The van der Waals surface area contributed by atoms with E-state index in [1.807, 2.05) is 6.07 Å². The van der Waals surface area contributed by atoms with E-state index in [1.54, 1.807) is 31.4 Å². The second-order valence-electron chi connectivity index (χ2n) is 6.92. The molecule has 0 fully saturated rings. The summed E-state index contributed by atoms with van der Waals surface area (Å²) in [6, 6.07) is 6.47. The lowest BCUT2D eigenvalue weighted by Crippen LogP contribution is -2.39. The van der Waals surface area contributed by atoms with Crippen molar-refractivity contribution >= 4 is 28.0 Å². The number of hydrogen-bond acceptors (Lipinski definition) is 8. The van der Waals surface area contributed by atoms with E-state index in [4.69, 9.17) is 4.74 Å². The lowest BCUT2D eigenvalue weighted by molar-refractivity contribution is -0.142. The van der Waals surface area contributed by atoms with Gasteiger partial charge >= 0.3 is 11.7 Å². The molecule has 0 aliphatic heterocycles. The number of pyridine rings is 1. The molecule has 0 spiro atoms. The maximum Gasteiger partial charge on any atom is 0.337 e. The van der Waals surface area contributed by atoms with E-state index in [-0.39, 0.29) is 17.1 Å². The zero-order valence-corrected chi connectivity index (χ0v) is 17.2. The molecule has 1 N–H and O–H groups in total. The summed E-state index contributed by atoms with van der Waals surface area (Å²) in [7, 11) is 4.54. The van der Waals surface area contributed by atoms with Gasteiger partial charge in [-0.25, -0.2) is 19.3 Å². The molecule has 31 heavy (non-hydrogen) atoms. The van der Waals surface area contributed by atoms with E-state index in [1.165, 1.54) is 31.1 Å². The number of carbonyl (C=O) groups is 1. The normalized spacial score (nSPS) is 12.2. The molecule has 3 aromatic heterocycles.